The second kappa shape index (κ2) is 6.12. The van der Waals surface area contributed by atoms with Crippen molar-refractivity contribution in [3.63, 3.8) is 0 Å². The molecule has 0 aliphatic carbocycles. The Morgan fingerprint density at radius 1 is 1.42 bits per heavy atom. The minimum atomic E-state index is 0.0300. The quantitative estimate of drug-likeness (QED) is 0.925. The molecule has 1 aliphatic heterocycles. The van der Waals surface area contributed by atoms with Crippen LogP contribution in [0.5, 0.6) is 0 Å². The number of hydrogen-bond acceptors (Lipinski definition) is 3. The van der Waals surface area contributed by atoms with E-state index in [4.69, 9.17) is 17.3 Å². The van der Waals surface area contributed by atoms with Gasteiger partial charge in [-0.1, -0.05) is 24.6 Å². The molecule has 19 heavy (non-hydrogen) atoms. The SMILES string of the molecule is CCC1CN(c2ccc([C@@H](C)N)cc2Cl)CCN1C. The number of rotatable bonds is 3. The first kappa shape index (κ1) is 14.6. The summed E-state index contributed by atoms with van der Waals surface area (Å²) in [4.78, 5) is 4.82. The lowest BCUT2D eigenvalue weighted by Crippen LogP contribution is -2.51. The van der Waals surface area contributed by atoms with Crippen molar-refractivity contribution in [2.75, 3.05) is 31.6 Å². The van der Waals surface area contributed by atoms with Crippen molar-refractivity contribution in [1.82, 2.24) is 4.90 Å². The Hall–Kier alpha value is -0.770. The second-order valence-electron chi connectivity index (χ2n) is 5.49. The van der Waals surface area contributed by atoms with Gasteiger partial charge in [-0.05, 0) is 38.1 Å². The summed E-state index contributed by atoms with van der Waals surface area (Å²) < 4.78 is 0. The summed E-state index contributed by atoms with van der Waals surface area (Å²) in [7, 11) is 2.20. The van der Waals surface area contributed by atoms with Gasteiger partial charge >= 0.3 is 0 Å². The molecule has 0 spiro atoms. The van der Waals surface area contributed by atoms with E-state index in [0.29, 0.717) is 6.04 Å². The lowest BCUT2D eigenvalue weighted by atomic mass is 10.1. The van der Waals surface area contributed by atoms with Gasteiger partial charge in [-0.2, -0.15) is 0 Å². The van der Waals surface area contributed by atoms with Gasteiger partial charge < -0.3 is 10.6 Å². The molecule has 2 atom stereocenters. The summed E-state index contributed by atoms with van der Waals surface area (Å²) in [5, 5.41) is 0.814. The van der Waals surface area contributed by atoms with Crippen LogP contribution in [0.15, 0.2) is 18.2 Å². The summed E-state index contributed by atoms with van der Waals surface area (Å²) in [6.07, 6.45) is 1.17. The molecule has 1 unspecified atom stereocenters. The first-order valence-electron chi connectivity index (χ1n) is 7.03. The normalized spacial score (nSPS) is 22.6. The van der Waals surface area contributed by atoms with Crippen LogP contribution in [0.3, 0.4) is 0 Å². The standard InChI is InChI=1S/C15H24ClN3/c1-4-13-10-19(8-7-18(13)3)15-6-5-12(11(2)17)9-14(15)16/h5-6,9,11,13H,4,7-8,10,17H2,1-3H3/t11-,13?/m1/s1. The van der Waals surface area contributed by atoms with E-state index in [9.17, 15) is 0 Å². The third-order valence-electron chi connectivity index (χ3n) is 4.09. The molecule has 2 N–H and O–H groups in total. The zero-order valence-electron chi connectivity index (χ0n) is 12.1. The summed E-state index contributed by atoms with van der Waals surface area (Å²) in [5.74, 6) is 0. The number of anilines is 1. The van der Waals surface area contributed by atoms with Crippen LogP contribution in [-0.2, 0) is 0 Å². The molecule has 3 nitrogen and oxygen atoms in total. The van der Waals surface area contributed by atoms with E-state index in [1.807, 2.05) is 13.0 Å². The molecular weight excluding hydrogens is 258 g/mol. The Labute approximate surface area is 121 Å². The van der Waals surface area contributed by atoms with Crippen LogP contribution in [0.4, 0.5) is 5.69 Å². The Balaban J connectivity index is 2.18. The number of nitrogens with two attached hydrogens (primary N) is 1. The minimum absolute atomic E-state index is 0.0300. The van der Waals surface area contributed by atoms with Crippen molar-refractivity contribution in [2.45, 2.75) is 32.4 Å². The second-order valence-corrected chi connectivity index (χ2v) is 5.90. The molecule has 0 radical (unpaired) electrons. The molecule has 0 bridgehead atoms. The third-order valence-corrected chi connectivity index (χ3v) is 4.39. The maximum absolute atomic E-state index is 6.42. The van der Waals surface area contributed by atoms with E-state index in [-0.39, 0.29) is 6.04 Å². The topological polar surface area (TPSA) is 32.5 Å². The van der Waals surface area contributed by atoms with Gasteiger partial charge in [0.1, 0.15) is 0 Å². The number of likely N-dealkylation sites (N-methyl/N-ethyl adjacent to an activating group) is 1. The van der Waals surface area contributed by atoms with E-state index < -0.39 is 0 Å². The van der Waals surface area contributed by atoms with Crippen molar-refractivity contribution in [3.05, 3.63) is 28.8 Å². The molecule has 2 rings (SSSR count). The lowest BCUT2D eigenvalue weighted by molar-refractivity contribution is 0.213. The van der Waals surface area contributed by atoms with E-state index in [1.165, 1.54) is 6.42 Å². The Morgan fingerprint density at radius 3 is 2.74 bits per heavy atom. The van der Waals surface area contributed by atoms with E-state index in [0.717, 1.165) is 35.9 Å². The van der Waals surface area contributed by atoms with Crippen LogP contribution in [0.2, 0.25) is 5.02 Å². The van der Waals surface area contributed by atoms with Gasteiger partial charge in [-0.25, -0.2) is 0 Å². The van der Waals surface area contributed by atoms with Gasteiger partial charge in [0.05, 0.1) is 10.7 Å². The highest BCUT2D eigenvalue weighted by Crippen LogP contribution is 2.30. The number of halogens is 1. The molecule has 0 aromatic heterocycles. The average molecular weight is 282 g/mol. The zero-order chi connectivity index (χ0) is 14.0. The van der Waals surface area contributed by atoms with Crippen LogP contribution >= 0.6 is 11.6 Å². The smallest absolute Gasteiger partial charge is 0.0642 e. The third kappa shape index (κ3) is 3.22. The average Bonchev–Trinajstić information content (AvgIpc) is 2.39. The highest BCUT2D eigenvalue weighted by molar-refractivity contribution is 6.33. The Morgan fingerprint density at radius 2 is 2.16 bits per heavy atom. The van der Waals surface area contributed by atoms with Crippen LogP contribution in [0, 0.1) is 0 Å². The van der Waals surface area contributed by atoms with Crippen molar-refractivity contribution in [1.29, 1.82) is 0 Å². The number of benzene rings is 1. The molecule has 106 valence electrons. The van der Waals surface area contributed by atoms with Crippen LogP contribution in [0.1, 0.15) is 31.9 Å². The molecule has 0 amide bonds. The number of piperazine rings is 1. The first-order chi connectivity index (χ1) is 9.02. The summed E-state index contributed by atoms with van der Waals surface area (Å²) in [6.45, 7) is 7.39. The Kier molecular flexibility index (Phi) is 4.71. The zero-order valence-corrected chi connectivity index (χ0v) is 12.8. The predicted octanol–water partition coefficient (Wildman–Crippen LogP) is 2.89. The van der Waals surface area contributed by atoms with E-state index in [1.54, 1.807) is 0 Å². The summed E-state index contributed by atoms with van der Waals surface area (Å²) in [6, 6.07) is 6.84. The molecule has 1 aromatic rings. The van der Waals surface area contributed by atoms with Gasteiger partial charge in [-0.3, -0.25) is 4.90 Å². The molecule has 1 saturated heterocycles. The monoisotopic (exact) mass is 281 g/mol. The molecule has 1 aliphatic rings. The van der Waals surface area contributed by atoms with E-state index >= 15 is 0 Å². The number of nitrogens with zero attached hydrogens (tertiary/aromatic N) is 2. The summed E-state index contributed by atoms with van der Waals surface area (Å²) >= 11 is 6.42. The van der Waals surface area contributed by atoms with Gasteiger partial charge in [0.2, 0.25) is 0 Å². The largest absolute Gasteiger partial charge is 0.367 e. The molecular formula is C15H24ClN3. The lowest BCUT2D eigenvalue weighted by Gasteiger charge is -2.40. The van der Waals surface area contributed by atoms with Crippen molar-refractivity contribution in [2.24, 2.45) is 5.73 Å². The molecule has 0 saturated carbocycles. The fourth-order valence-electron chi connectivity index (χ4n) is 2.67. The first-order valence-corrected chi connectivity index (χ1v) is 7.41. The van der Waals surface area contributed by atoms with Gasteiger partial charge in [0, 0.05) is 31.7 Å². The van der Waals surface area contributed by atoms with E-state index in [2.05, 4.69) is 35.9 Å². The van der Waals surface area contributed by atoms with Gasteiger partial charge in [-0.15, -0.1) is 0 Å². The van der Waals surface area contributed by atoms with Crippen LogP contribution in [0.25, 0.3) is 0 Å². The summed E-state index contributed by atoms with van der Waals surface area (Å²) in [5.41, 5.74) is 8.12. The minimum Gasteiger partial charge on any atom is -0.367 e. The highest BCUT2D eigenvalue weighted by atomic mass is 35.5. The molecule has 1 heterocycles. The maximum Gasteiger partial charge on any atom is 0.0642 e. The Bertz CT molecular complexity index is 433. The van der Waals surface area contributed by atoms with Crippen molar-refractivity contribution in [3.8, 4) is 0 Å². The fraction of sp³-hybridized carbons (Fsp3) is 0.600. The van der Waals surface area contributed by atoms with Crippen molar-refractivity contribution < 1.29 is 0 Å². The van der Waals surface area contributed by atoms with Crippen molar-refractivity contribution >= 4 is 17.3 Å². The molecule has 1 aromatic carbocycles. The molecule has 4 heteroatoms. The highest BCUT2D eigenvalue weighted by Gasteiger charge is 2.24. The van der Waals surface area contributed by atoms with Crippen LogP contribution < -0.4 is 10.6 Å². The molecule has 1 fully saturated rings. The number of hydrogen-bond donors (Lipinski definition) is 1. The predicted molar refractivity (Wildman–Crippen MR) is 83.0 cm³/mol. The maximum atomic E-state index is 6.42. The van der Waals surface area contributed by atoms with Gasteiger partial charge in [0.25, 0.3) is 0 Å². The van der Waals surface area contributed by atoms with Gasteiger partial charge in [0.15, 0.2) is 0 Å². The van der Waals surface area contributed by atoms with Crippen LogP contribution in [-0.4, -0.2) is 37.6 Å². The fourth-order valence-corrected chi connectivity index (χ4v) is 2.98.